The Balaban J connectivity index is 2.11. The normalized spacial score (nSPS) is 11.4. The fourth-order valence-corrected chi connectivity index (χ4v) is 2.23. The summed E-state index contributed by atoms with van der Waals surface area (Å²) in [5.41, 5.74) is 0.817. The molecule has 1 N–H and O–H groups in total. The summed E-state index contributed by atoms with van der Waals surface area (Å²) >= 11 is 6.02. The van der Waals surface area contributed by atoms with Crippen LogP contribution < -0.4 is 14.8 Å². The Morgan fingerprint density at radius 1 is 1.08 bits per heavy atom. The quantitative estimate of drug-likeness (QED) is 0.794. The molecule has 0 saturated carbocycles. The number of nitrogens with one attached hydrogen (secondary N) is 1. The van der Waals surface area contributed by atoms with Crippen LogP contribution in [0.4, 0.5) is 5.69 Å². The van der Waals surface area contributed by atoms with E-state index in [0.717, 1.165) is 0 Å². The summed E-state index contributed by atoms with van der Waals surface area (Å²) in [4.78, 5) is 23.8. The number of methoxy groups -OCH3 is 2. The van der Waals surface area contributed by atoms with E-state index >= 15 is 0 Å². The maximum Gasteiger partial charge on any atom is 0.337 e. The predicted octanol–water partition coefficient (Wildman–Crippen LogP) is 3.54. The van der Waals surface area contributed by atoms with Gasteiger partial charge in [-0.2, -0.15) is 0 Å². The van der Waals surface area contributed by atoms with Crippen LogP contribution in [0.1, 0.15) is 17.3 Å². The van der Waals surface area contributed by atoms with Crippen molar-refractivity contribution in [3.63, 3.8) is 0 Å². The Morgan fingerprint density at radius 2 is 1.80 bits per heavy atom. The van der Waals surface area contributed by atoms with Crippen molar-refractivity contribution < 1.29 is 23.8 Å². The third-order valence-corrected chi connectivity index (χ3v) is 3.72. The van der Waals surface area contributed by atoms with Crippen molar-refractivity contribution in [2.24, 2.45) is 0 Å². The minimum absolute atomic E-state index is 0.319. The Bertz CT molecular complexity index is 778. The van der Waals surface area contributed by atoms with E-state index in [-0.39, 0.29) is 5.91 Å². The molecule has 132 valence electrons. The number of hydrogen-bond donors (Lipinski definition) is 1. The number of para-hydroxylation sites is 1. The number of amides is 1. The molecule has 2 aromatic rings. The summed E-state index contributed by atoms with van der Waals surface area (Å²) in [6.07, 6.45) is -0.811. The molecule has 0 heterocycles. The molecule has 2 rings (SSSR count). The molecule has 1 atom stereocenters. The molecule has 0 aromatic heterocycles. The van der Waals surface area contributed by atoms with Crippen molar-refractivity contribution in [1.29, 1.82) is 0 Å². The molecular weight excluding hydrogens is 346 g/mol. The Labute approximate surface area is 150 Å². The van der Waals surface area contributed by atoms with Crippen LogP contribution in [0.2, 0.25) is 5.02 Å². The van der Waals surface area contributed by atoms with E-state index in [1.54, 1.807) is 37.3 Å². The minimum atomic E-state index is -0.811. The Morgan fingerprint density at radius 3 is 2.44 bits per heavy atom. The van der Waals surface area contributed by atoms with E-state index in [0.29, 0.717) is 27.8 Å². The third kappa shape index (κ3) is 4.64. The number of rotatable bonds is 6. The van der Waals surface area contributed by atoms with Crippen molar-refractivity contribution in [2.75, 3.05) is 19.5 Å². The molecule has 2 aromatic carbocycles. The van der Waals surface area contributed by atoms with Crippen LogP contribution in [0.15, 0.2) is 42.5 Å². The summed E-state index contributed by atoms with van der Waals surface area (Å²) in [7, 11) is 2.73. The number of esters is 1. The van der Waals surface area contributed by atoms with Crippen LogP contribution in [0.25, 0.3) is 0 Å². The molecule has 0 fully saturated rings. The van der Waals surface area contributed by atoms with Gasteiger partial charge in [-0.3, -0.25) is 4.79 Å². The first kappa shape index (κ1) is 18.6. The first-order valence-corrected chi connectivity index (χ1v) is 7.82. The number of benzene rings is 2. The fourth-order valence-electron chi connectivity index (χ4n) is 2.05. The lowest BCUT2D eigenvalue weighted by atomic mass is 10.2. The van der Waals surface area contributed by atoms with Crippen molar-refractivity contribution in [3.8, 4) is 11.5 Å². The van der Waals surface area contributed by atoms with Gasteiger partial charge in [-0.1, -0.05) is 23.7 Å². The van der Waals surface area contributed by atoms with Gasteiger partial charge in [0, 0.05) is 0 Å². The van der Waals surface area contributed by atoms with Crippen molar-refractivity contribution in [1.82, 2.24) is 0 Å². The summed E-state index contributed by atoms with van der Waals surface area (Å²) in [5.74, 6) is -0.209. The van der Waals surface area contributed by atoms with Crippen LogP contribution in [0, 0.1) is 0 Å². The van der Waals surface area contributed by atoms with Crippen LogP contribution in [-0.2, 0) is 9.53 Å². The van der Waals surface area contributed by atoms with E-state index in [1.807, 2.05) is 0 Å². The highest BCUT2D eigenvalue weighted by Crippen LogP contribution is 2.29. The molecule has 7 heteroatoms. The zero-order valence-electron chi connectivity index (χ0n) is 14.0. The first-order valence-electron chi connectivity index (χ1n) is 7.44. The Kier molecular flexibility index (Phi) is 6.25. The molecule has 0 unspecified atom stereocenters. The van der Waals surface area contributed by atoms with Crippen LogP contribution in [0.3, 0.4) is 0 Å². The highest BCUT2D eigenvalue weighted by molar-refractivity contribution is 6.33. The second-order valence-corrected chi connectivity index (χ2v) is 5.49. The van der Waals surface area contributed by atoms with Gasteiger partial charge in [0.25, 0.3) is 5.91 Å². The van der Waals surface area contributed by atoms with Gasteiger partial charge < -0.3 is 19.5 Å². The smallest absolute Gasteiger partial charge is 0.337 e. The summed E-state index contributed by atoms with van der Waals surface area (Å²) in [6.45, 7) is 1.60. The third-order valence-electron chi connectivity index (χ3n) is 3.39. The largest absolute Gasteiger partial charge is 0.493 e. The lowest BCUT2D eigenvalue weighted by molar-refractivity contribution is -0.122. The molecule has 0 bridgehead atoms. The van der Waals surface area contributed by atoms with Crippen LogP contribution >= 0.6 is 11.6 Å². The monoisotopic (exact) mass is 363 g/mol. The van der Waals surface area contributed by atoms with E-state index < -0.39 is 12.1 Å². The second kappa shape index (κ2) is 8.39. The molecule has 0 aliphatic carbocycles. The van der Waals surface area contributed by atoms with Gasteiger partial charge in [-0.05, 0) is 37.3 Å². The van der Waals surface area contributed by atoms with E-state index in [9.17, 15) is 9.59 Å². The lowest BCUT2D eigenvalue weighted by Gasteiger charge is -2.17. The van der Waals surface area contributed by atoms with Gasteiger partial charge >= 0.3 is 5.97 Å². The maximum absolute atomic E-state index is 12.3. The number of hydrogen-bond acceptors (Lipinski definition) is 5. The number of ether oxygens (including phenoxy) is 3. The van der Waals surface area contributed by atoms with Crippen molar-refractivity contribution in [2.45, 2.75) is 13.0 Å². The summed E-state index contributed by atoms with van der Waals surface area (Å²) in [5, 5.41) is 3.13. The van der Waals surface area contributed by atoms with Gasteiger partial charge in [0.15, 0.2) is 17.6 Å². The number of carbonyl (C=O) groups excluding carboxylic acids is 2. The molecule has 0 saturated heterocycles. The molecule has 0 radical (unpaired) electrons. The van der Waals surface area contributed by atoms with Gasteiger partial charge in [0.05, 0.1) is 30.5 Å². The highest BCUT2D eigenvalue weighted by atomic mass is 35.5. The zero-order valence-corrected chi connectivity index (χ0v) is 14.8. The lowest BCUT2D eigenvalue weighted by Crippen LogP contribution is -2.30. The molecule has 0 aliphatic rings. The molecule has 0 spiro atoms. The summed E-state index contributed by atoms with van der Waals surface area (Å²) < 4.78 is 15.5. The van der Waals surface area contributed by atoms with Crippen molar-refractivity contribution in [3.05, 3.63) is 53.1 Å². The van der Waals surface area contributed by atoms with Gasteiger partial charge in [-0.15, -0.1) is 0 Å². The molecule has 1 amide bonds. The standard InChI is InChI=1S/C18H18ClNO5/c1-11(17(21)20-14-7-5-4-6-13(14)19)25-15-9-8-12(18(22)24-3)10-16(15)23-2/h4-11H,1-3H3,(H,20,21)/t11-/m0/s1. The van der Waals surface area contributed by atoms with E-state index in [2.05, 4.69) is 10.1 Å². The fraction of sp³-hybridized carbons (Fsp3) is 0.222. The van der Waals surface area contributed by atoms with Gasteiger partial charge in [0.2, 0.25) is 0 Å². The predicted molar refractivity (Wildman–Crippen MR) is 94.5 cm³/mol. The van der Waals surface area contributed by atoms with Crippen LogP contribution in [0.5, 0.6) is 11.5 Å². The first-order chi connectivity index (χ1) is 12.0. The molecular formula is C18H18ClNO5. The second-order valence-electron chi connectivity index (χ2n) is 5.09. The van der Waals surface area contributed by atoms with E-state index in [4.69, 9.17) is 21.1 Å². The topological polar surface area (TPSA) is 73.9 Å². The summed E-state index contributed by atoms with van der Waals surface area (Å²) in [6, 6.07) is 11.5. The maximum atomic E-state index is 12.3. The number of halogens is 1. The number of carbonyl (C=O) groups is 2. The van der Waals surface area contributed by atoms with Crippen molar-refractivity contribution >= 4 is 29.2 Å². The van der Waals surface area contributed by atoms with E-state index in [1.165, 1.54) is 26.4 Å². The molecule has 6 nitrogen and oxygen atoms in total. The van der Waals surface area contributed by atoms with Gasteiger partial charge in [-0.25, -0.2) is 4.79 Å². The molecule has 25 heavy (non-hydrogen) atoms. The molecule has 0 aliphatic heterocycles. The highest BCUT2D eigenvalue weighted by Gasteiger charge is 2.19. The minimum Gasteiger partial charge on any atom is -0.493 e. The number of anilines is 1. The van der Waals surface area contributed by atoms with Crippen LogP contribution in [-0.4, -0.2) is 32.2 Å². The average Bonchev–Trinajstić information content (AvgIpc) is 2.63. The van der Waals surface area contributed by atoms with Gasteiger partial charge in [0.1, 0.15) is 0 Å². The SMILES string of the molecule is COC(=O)c1ccc(O[C@@H](C)C(=O)Nc2ccccc2Cl)c(OC)c1. The Hall–Kier alpha value is -2.73. The zero-order chi connectivity index (χ0) is 18.4. The average molecular weight is 364 g/mol.